The van der Waals surface area contributed by atoms with E-state index < -0.39 is 12.6 Å². The van der Waals surface area contributed by atoms with Crippen LogP contribution in [0.2, 0.25) is 0 Å². The summed E-state index contributed by atoms with van der Waals surface area (Å²) >= 11 is 0. The van der Waals surface area contributed by atoms with Crippen molar-refractivity contribution in [3.8, 4) is 0 Å². The number of imidazole rings is 1. The number of halogens is 3. The number of aromatic nitrogens is 2. The standard InChI is InChI=1S/C12H18F3N3/c1-9-3-2-4-10(17-9)11-7-16-8-18(11)6-5-12(13,14)15/h7-10,17H,2-6H2,1H3. The maximum absolute atomic E-state index is 12.2. The van der Waals surface area contributed by atoms with E-state index in [-0.39, 0.29) is 12.6 Å². The highest BCUT2D eigenvalue weighted by Crippen LogP contribution is 2.27. The number of hydrogen-bond donors (Lipinski definition) is 1. The van der Waals surface area contributed by atoms with Crippen LogP contribution in [-0.2, 0) is 6.54 Å². The van der Waals surface area contributed by atoms with Crippen molar-refractivity contribution >= 4 is 0 Å². The average Bonchev–Trinajstić information content (AvgIpc) is 2.73. The second-order valence-electron chi connectivity index (χ2n) is 4.93. The molecule has 0 aromatic carbocycles. The van der Waals surface area contributed by atoms with E-state index in [9.17, 15) is 13.2 Å². The van der Waals surface area contributed by atoms with Crippen molar-refractivity contribution in [2.75, 3.05) is 0 Å². The summed E-state index contributed by atoms with van der Waals surface area (Å²) in [4.78, 5) is 3.98. The Labute approximate surface area is 104 Å². The van der Waals surface area contributed by atoms with Crippen LogP contribution >= 0.6 is 0 Å². The molecular weight excluding hydrogens is 243 g/mol. The van der Waals surface area contributed by atoms with Crippen molar-refractivity contribution in [2.45, 2.75) is 57.4 Å². The molecule has 0 bridgehead atoms. The SMILES string of the molecule is CC1CCCC(c2cncn2CCC(F)(F)F)N1. The van der Waals surface area contributed by atoms with E-state index in [1.807, 2.05) is 0 Å². The fourth-order valence-electron chi connectivity index (χ4n) is 2.43. The Morgan fingerprint density at radius 2 is 2.22 bits per heavy atom. The van der Waals surface area contributed by atoms with Gasteiger partial charge in [-0.3, -0.25) is 0 Å². The molecule has 0 aliphatic carbocycles. The lowest BCUT2D eigenvalue weighted by atomic mass is 9.97. The first-order valence-electron chi connectivity index (χ1n) is 6.28. The highest BCUT2D eigenvalue weighted by atomic mass is 19.4. The van der Waals surface area contributed by atoms with Crippen molar-refractivity contribution in [1.82, 2.24) is 14.9 Å². The fraction of sp³-hybridized carbons (Fsp3) is 0.750. The molecule has 102 valence electrons. The first-order valence-corrected chi connectivity index (χ1v) is 6.28. The number of nitrogens with zero attached hydrogens (tertiary/aromatic N) is 2. The zero-order valence-corrected chi connectivity index (χ0v) is 10.4. The van der Waals surface area contributed by atoms with Gasteiger partial charge in [-0.25, -0.2) is 4.98 Å². The van der Waals surface area contributed by atoms with Crippen molar-refractivity contribution in [2.24, 2.45) is 0 Å². The molecule has 2 heterocycles. The summed E-state index contributed by atoms with van der Waals surface area (Å²) in [5.74, 6) is 0. The van der Waals surface area contributed by atoms with Gasteiger partial charge in [0.2, 0.25) is 0 Å². The third-order valence-electron chi connectivity index (χ3n) is 3.35. The molecular formula is C12H18F3N3. The third kappa shape index (κ3) is 3.48. The van der Waals surface area contributed by atoms with Crippen molar-refractivity contribution < 1.29 is 13.2 Å². The van der Waals surface area contributed by atoms with Gasteiger partial charge in [-0.2, -0.15) is 13.2 Å². The highest BCUT2D eigenvalue weighted by Gasteiger charge is 2.28. The summed E-state index contributed by atoms with van der Waals surface area (Å²) in [6.45, 7) is 2.05. The number of aryl methyl sites for hydroxylation is 1. The predicted octanol–water partition coefficient (Wildman–Crippen LogP) is 3.04. The first kappa shape index (κ1) is 13.4. The molecule has 2 rings (SSSR count). The van der Waals surface area contributed by atoms with Crippen molar-refractivity contribution in [3.63, 3.8) is 0 Å². The smallest absolute Gasteiger partial charge is 0.333 e. The van der Waals surface area contributed by atoms with E-state index >= 15 is 0 Å². The van der Waals surface area contributed by atoms with E-state index in [1.54, 1.807) is 10.8 Å². The van der Waals surface area contributed by atoms with E-state index in [2.05, 4.69) is 17.2 Å². The van der Waals surface area contributed by atoms with Gasteiger partial charge < -0.3 is 9.88 Å². The molecule has 3 nitrogen and oxygen atoms in total. The molecule has 1 aliphatic heterocycles. The van der Waals surface area contributed by atoms with E-state index in [0.717, 1.165) is 25.0 Å². The molecule has 0 saturated carbocycles. The number of alkyl halides is 3. The number of rotatable bonds is 3. The molecule has 1 fully saturated rings. The van der Waals surface area contributed by atoms with Gasteiger partial charge in [-0.05, 0) is 26.2 Å². The Hall–Kier alpha value is -1.04. The zero-order chi connectivity index (χ0) is 13.2. The van der Waals surface area contributed by atoms with Gasteiger partial charge in [0.25, 0.3) is 0 Å². The van der Waals surface area contributed by atoms with E-state index in [1.165, 1.54) is 6.33 Å². The van der Waals surface area contributed by atoms with Gasteiger partial charge in [0.15, 0.2) is 0 Å². The minimum atomic E-state index is -4.12. The predicted molar refractivity (Wildman–Crippen MR) is 62.1 cm³/mol. The van der Waals surface area contributed by atoms with Crippen LogP contribution in [-0.4, -0.2) is 21.8 Å². The molecule has 2 atom stereocenters. The van der Waals surface area contributed by atoms with Gasteiger partial charge >= 0.3 is 6.18 Å². The Morgan fingerprint density at radius 1 is 1.44 bits per heavy atom. The summed E-state index contributed by atoms with van der Waals surface area (Å²) in [6, 6.07) is 0.541. The molecule has 18 heavy (non-hydrogen) atoms. The maximum Gasteiger partial charge on any atom is 0.390 e. The summed E-state index contributed by atoms with van der Waals surface area (Å²) in [5.41, 5.74) is 0.866. The normalized spacial score (nSPS) is 25.3. The van der Waals surface area contributed by atoms with Crippen LogP contribution in [0.5, 0.6) is 0 Å². The molecule has 1 N–H and O–H groups in total. The molecule has 1 aromatic heterocycles. The number of nitrogens with one attached hydrogen (secondary N) is 1. The summed E-state index contributed by atoms with van der Waals surface area (Å²) in [5, 5.41) is 3.41. The van der Waals surface area contributed by atoms with Crippen molar-refractivity contribution in [1.29, 1.82) is 0 Å². The molecule has 0 amide bonds. The topological polar surface area (TPSA) is 29.9 Å². The summed E-state index contributed by atoms with van der Waals surface area (Å²) in [7, 11) is 0. The first-order chi connectivity index (χ1) is 8.46. The molecule has 1 aliphatic rings. The average molecular weight is 261 g/mol. The minimum absolute atomic E-state index is 0.0502. The number of hydrogen-bond acceptors (Lipinski definition) is 2. The Kier molecular flexibility index (Phi) is 3.94. The second-order valence-corrected chi connectivity index (χ2v) is 4.93. The van der Waals surface area contributed by atoms with Gasteiger partial charge in [0.05, 0.1) is 18.4 Å². The number of piperidine rings is 1. The van der Waals surface area contributed by atoms with Crippen molar-refractivity contribution in [3.05, 3.63) is 18.2 Å². The van der Waals surface area contributed by atoms with Crippen LogP contribution in [0.4, 0.5) is 13.2 Å². The van der Waals surface area contributed by atoms with E-state index in [4.69, 9.17) is 0 Å². The van der Waals surface area contributed by atoms with Crippen LogP contribution in [0.3, 0.4) is 0 Å². The lowest BCUT2D eigenvalue weighted by Crippen LogP contribution is -2.35. The quantitative estimate of drug-likeness (QED) is 0.906. The van der Waals surface area contributed by atoms with Crippen LogP contribution < -0.4 is 5.32 Å². The van der Waals surface area contributed by atoms with Gasteiger partial charge in [-0.1, -0.05) is 0 Å². The summed E-state index contributed by atoms with van der Waals surface area (Å²) in [6.07, 6.45) is 1.42. The molecule has 6 heteroatoms. The molecule has 0 radical (unpaired) electrons. The monoisotopic (exact) mass is 261 g/mol. The summed E-state index contributed by atoms with van der Waals surface area (Å²) < 4.78 is 38.3. The van der Waals surface area contributed by atoms with Gasteiger partial charge in [0.1, 0.15) is 0 Å². The second kappa shape index (κ2) is 5.30. The van der Waals surface area contributed by atoms with Gasteiger partial charge in [-0.15, -0.1) is 0 Å². The van der Waals surface area contributed by atoms with Gasteiger partial charge in [0, 0.05) is 24.8 Å². The Morgan fingerprint density at radius 3 is 2.89 bits per heavy atom. The molecule has 1 aromatic rings. The lowest BCUT2D eigenvalue weighted by Gasteiger charge is -2.29. The maximum atomic E-state index is 12.2. The Balaban J connectivity index is 2.02. The van der Waals surface area contributed by atoms with Crippen LogP contribution in [0.1, 0.15) is 44.3 Å². The van der Waals surface area contributed by atoms with E-state index in [0.29, 0.717) is 6.04 Å². The largest absolute Gasteiger partial charge is 0.390 e. The third-order valence-corrected chi connectivity index (χ3v) is 3.35. The van der Waals surface area contributed by atoms with Crippen LogP contribution in [0, 0.1) is 0 Å². The Bertz CT molecular complexity index is 386. The minimum Gasteiger partial charge on any atom is -0.333 e. The van der Waals surface area contributed by atoms with Crippen LogP contribution in [0.25, 0.3) is 0 Å². The lowest BCUT2D eigenvalue weighted by molar-refractivity contribution is -0.136. The molecule has 0 spiro atoms. The fourth-order valence-corrected chi connectivity index (χ4v) is 2.43. The van der Waals surface area contributed by atoms with Crippen LogP contribution in [0.15, 0.2) is 12.5 Å². The molecule has 2 unspecified atom stereocenters. The highest BCUT2D eigenvalue weighted by molar-refractivity contribution is 5.07. The zero-order valence-electron chi connectivity index (χ0n) is 10.4. The molecule has 1 saturated heterocycles.